The van der Waals surface area contributed by atoms with Gasteiger partial charge in [-0.15, -0.1) is 11.8 Å². The normalized spacial score (nSPS) is 10.4. The van der Waals surface area contributed by atoms with Crippen LogP contribution in [0.15, 0.2) is 59.5 Å². The summed E-state index contributed by atoms with van der Waals surface area (Å²) in [6.07, 6.45) is 0. The minimum Gasteiger partial charge on any atom is -0.355 e. The number of rotatable bonds is 8. The molecule has 0 saturated heterocycles. The smallest absolute Gasteiger partial charge is 0.230 e. The Hall–Kier alpha value is -1.39. The maximum Gasteiger partial charge on any atom is 0.230 e. The van der Waals surface area contributed by atoms with Crippen LogP contribution in [0, 0.1) is 6.92 Å². The fourth-order valence-electron chi connectivity index (χ4n) is 1.86. The van der Waals surface area contributed by atoms with Gasteiger partial charge in [-0.25, -0.2) is 0 Å². The highest BCUT2D eigenvalue weighted by atomic mass is 32.2. The van der Waals surface area contributed by atoms with Crippen LogP contribution in [0.5, 0.6) is 0 Å². The van der Waals surface area contributed by atoms with Crippen molar-refractivity contribution < 1.29 is 4.79 Å². The van der Waals surface area contributed by atoms with Crippen LogP contribution in [0.3, 0.4) is 0 Å². The summed E-state index contributed by atoms with van der Waals surface area (Å²) in [7, 11) is 0. The van der Waals surface area contributed by atoms with Crippen LogP contribution in [0.25, 0.3) is 0 Å². The Balaban J connectivity index is 1.55. The molecule has 0 atom stereocenters. The summed E-state index contributed by atoms with van der Waals surface area (Å²) in [6.45, 7) is 2.79. The topological polar surface area (TPSA) is 29.1 Å². The molecule has 0 aromatic heterocycles. The lowest BCUT2D eigenvalue weighted by Crippen LogP contribution is -2.27. The van der Waals surface area contributed by atoms with E-state index in [0.717, 1.165) is 22.9 Å². The van der Waals surface area contributed by atoms with Crippen molar-refractivity contribution in [3.63, 3.8) is 0 Å². The number of carbonyl (C=O) groups is 1. The minimum atomic E-state index is 0.103. The van der Waals surface area contributed by atoms with Gasteiger partial charge in [0, 0.05) is 22.9 Å². The summed E-state index contributed by atoms with van der Waals surface area (Å²) in [6, 6.07) is 18.7. The SMILES string of the molecule is Cc1ccc(SCC(=O)NCCSCc2ccccc2)cc1. The zero-order valence-corrected chi connectivity index (χ0v) is 14.4. The molecule has 0 fully saturated rings. The molecule has 2 aromatic carbocycles. The maximum absolute atomic E-state index is 11.8. The second-order valence-corrected chi connectivity index (χ2v) is 7.14. The van der Waals surface area contributed by atoms with Gasteiger partial charge in [0.1, 0.15) is 0 Å². The van der Waals surface area contributed by atoms with Crippen LogP contribution >= 0.6 is 23.5 Å². The molecule has 0 heterocycles. The first-order valence-electron chi connectivity index (χ1n) is 7.32. The van der Waals surface area contributed by atoms with Gasteiger partial charge >= 0.3 is 0 Å². The van der Waals surface area contributed by atoms with Crippen LogP contribution in [0.2, 0.25) is 0 Å². The molecule has 2 aromatic rings. The van der Waals surface area contributed by atoms with Crippen molar-refractivity contribution >= 4 is 29.4 Å². The number of aryl methyl sites for hydroxylation is 1. The molecule has 2 rings (SSSR count). The zero-order valence-electron chi connectivity index (χ0n) is 12.7. The summed E-state index contributed by atoms with van der Waals surface area (Å²) in [5.41, 5.74) is 2.57. The molecule has 0 unspecified atom stereocenters. The minimum absolute atomic E-state index is 0.103. The first kappa shape index (κ1) is 17.0. The van der Waals surface area contributed by atoms with Crippen molar-refractivity contribution in [2.75, 3.05) is 18.1 Å². The van der Waals surface area contributed by atoms with E-state index in [1.165, 1.54) is 11.1 Å². The molecule has 0 aliphatic heterocycles. The van der Waals surface area contributed by atoms with Crippen molar-refractivity contribution in [1.82, 2.24) is 5.32 Å². The lowest BCUT2D eigenvalue weighted by atomic mass is 10.2. The van der Waals surface area contributed by atoms with Crippen molar-refractivity contribution in [3.8, 4) is 0 Å². The highest BCUT2D eigenvalue weighted by Gasteiger charge is 2.02. The van der Waals surface area contributed by atoms with E-state index in [1.54, 1.807) is 11.8 Å². The number of thioether (sulfide) groups is 2. The van der Waals surface area contributed by atoms with E-state index in [1.807, 2.05) is 17.8 Å². The quantitative estimate of drug-likeness (QED) is 0.582. The van der Waals surface area contributed by atoms with E-state index in [-0.39, 0.29) is 5.91 Å². The summed E-state index contributed by atoms with van der Waals surface area (Å²) >= 11 is 3.42. The summed E-state index contributed by atoms with van der Waals surface area (Å²) < 4.78 is 0. The van der Waals surface area contributed by atoms with E-state index in [2.05, 4.69) is 60.8 Å². The van der Waals surface area contributed by atoms with Crippen LogP contribution < -0.4 is 5.32 Å². The molecule has 0 spiro atoms. The van der Waals surface area contributed by atoms with Gasteiger partial charge in [-0.05, 0) is 24.6 Å². The lowest BCUT2D eigenvalue weighted by molar-refractivity contribution is -0.118. The van der Waals surface area contributed by atoms with Gasteiger partial charge in [-0.1, -0.05) is 48.0 Å². The Morgan fingerprint density at radius 2 is 1.77 bits per heavy atom. The molecule has 116 valence electrons. The summed E-state index contributed by atoms with van der Waals surface area (Å²) in [5.74, 6) is 2.52. The fraction of sp³-hybridized carbons (Fsp3) is 0.278. The average molecular weight is 332 g/mol. The Kier molecular flexibility index (Phi) is 7.40. The monoisotopic (exact) mass is 331 g/mol. The van der Waals surface area contributed by atoms with Gasteiger partial charge in [0.05, 0.1) is 5.75 Å². The van der Waals surface area contributed by atoms with Crippen molar-refractivity contribution in [2.24, 2.45) is 0 Å². The molecule has 0 radical (unpaired) electrons. The maximum atomic E-state index is 11.8. The van der Waals surface area contributed by atoms with E-state index >= 15 is 0 Å². The first-order chi connectivity index (χ1) is 10.7. The number of hydrogen-bond donors (Lipinski definition) is 1. The molecule has 2 nitrogen and oxygen atoms in total. The third-order valence-electron chi connectivity index (χ3n) is 3.07. The Morgan fingerprint density at radius 3 is 2.50 bits per heavy atom. The second kappa shape index (κ2) is 9.59. The highest BCUT2D eigenvalue weighted by molar-refractivity contribution is 8.00. The molecule has 0 aliphatic carbocycles. The van der Waals surface area contributed by atoms with Crippen molar-refractivity contribution in [1.29, 1.82) is 0 Å². The molecule has 0 saturated carbocycles. The third-order valence-corrected chi connectivity index (χ3v) is 5.11. The third kappa shape index (κ3) is 6.58. The number of benzene rings is 2. The molecule has 1 amide bonds. The van der Waals surface area contributed by atoms with Gasteiger partial charge in [-0.2, -0.15) is 11.8 Å². The van der Waals surface area contributed by atoms with Crippen molar-refractivity contribution in [2.45, 2.75) is 17.6 Å². The summed E-state index contributed by atoms with van der Waals surface area (Å²) in [5, 5.41) is 2.97. The second-order valence-electron chi connectivity index (χ2n) is 4.99. The van der Waals surface area contributed by atoms with Crippen LogP contribution in [0.4, 0.5) is 0 Å². The lowest BCUT2D eigenvalue weighted by Gasteiger charge is -2.06. The van der Waals surface area contributed by atoms with Gasteiger partial charge in [0.25, 0.3) is 0 Å². The Labute approximate surface area is 141 Å². The number of nitrogens with one attached hydrogen (secondary N) is 1. The van der Waals surface area contributed by atoms with Crippen LogP contribution in [0.1, 0.15) is 11.1 Å². The van der Waals surface area contributed by atoms with E-state index in [4.69, 9.17) is 0 Å². The van der Waals surface area contributed by atoms with Gasteiger partial charge in [0.15, 0.2) is 0 Å². The molecule has 22 heavy (non-hydrogen) atoms. The summed E-state index contributed by atoms with van der Waals surface area (Å²) in [4.78, 5) is 12.9. The van der Waals surface area contributed by atoms with E-state index < -0.39 is 0 Å². The van der Waals surface area contributed by atoms with Gasteiger partial charge < -0.3 is 5.32 Å². The number of amides is 1. The van der Waals surface area contributed by atoms with E-state index in [0.29, 0.717) is 5.75 Å². The molecule has 4 heteroatoms. The Morgan fingerprint density at radius 1 is 1.05 bits per heavy atom. The number of carbonyl (C=O) groups excluding carboxylic acids is 1. The Bertz CT molecular complexity index is 569. The van der Waals surface area contributed by atoms with Crippen LogP contribution in [-0.4, -0.2) is 24.0 Å². The van der Waals surface area contributed by atoms with Gasteiger partial charge in [-0.3, -0.25) is 4.79 Å². The molecular formula is C18H21NOS2. The molecule has 0 aliphatic rings. The number of hydrogen-bond acceptors (Lipinski definition) is 3. The van der Waals surface area contributed by atoms with Gasteiger partial charge in [0.2, 0.25) is 5.91 Å². The average Bonchev–Trinajstić information content (AvgIpc) is 2.55. The predicted molar refractivity (Wildman–Crippen MR) is 97.5 cm³/mol. The first-order valence-corrected chi connectivity index (χ1v) is 9.46. The highest BCUT2D eigenvalue weighted by Crippen LogP contribution is 2.17. The van der Waals surface area contributed by atoms with Crippen LogP contribution in [-0.2, 0) is 10.5 Å². The molecule has 1 N–H and O–H groups in total. The van der Waals surface area contributed by atoms with E-state index in [9.17, 15) is 4.79 Å². The van der Waals surface area contributed by atoms with Crippen molar-refractivity contribution in [3.05, 3.63) is 65.7 Å². The molecule has 0 bridgehead atoms. The molecular weight excluding hydrogens is 310 g/mol. The standard InChI is InChI=1S/C18H21NOS2/c1-15-7-9-17(10-8-15)22-14-18(20)19-11-12-21-13-16-5-3-2-4-6-16/h2-10H,11-14H2,1H3,(H,19,20). The fourth-order valence-corrected chi connectivity index (χ4v) is 3.41. The predicted octanol–water partition coefficient (Wildman–Crippen LogP) is 4.14. The largest absolute Gasteiger partial charge is 0.355 e. The zero-order chi connectivity index (χ0) is 15.6.